The highest BCUT2D eigenvalue weighted by Gasteiger charge is 2.24. The zero-order chi connectivity index (χ0) is 11.0. The highest BCUT2D eigenvalue weighted by molar-refractivity contribution is 7.10. The standard InChI is InChI=1S/C11H7N3OS/c15-11-10-8(3-4-12-10)13-9(14-11)6-7-2-1-5-16-7/h1-5H,6H2. The summed E-state index contributed by atoms with van der Waals surface area (Å²) in [4.78, 5) is 24.9. The molecule has 0 fully saturated rings. The summed E-state index contributed by atoms with van der Waals surface area (Å²) in [6.45, 7) is 0. The van der Waals surface area contributed by atoms with E-state index in [1.807, 2.05) is 17.5 Å². The number of carbonyl (C=O) groups is 1. The zero-order valence-corrected chi connectivity index (χ0v) is 9.07. The van der Waals surface area contributed by atoms with Gasteiger partial charge in [0.05, 0.1) is 5.71 Å². The van der Waals surface area contributed by atoms with Crippen molar-refractivity contribution in [3.63, 3.8) is 0 Å². The van der Waals surface area contributed by atoms with E-state index in [1.165, 1.54) is 0 Å². The first-order valence-corrected chi connectivity index (χ1v) is 5.68. The third-order valence-corrected chi connectivity index (χ3v) is 3.15. The first-order valence-electron chi connectivity index (χ1n) is 4.80. The Morgan fingerprint density at radius 1 is 1.31 bits per heavy atom. The van der Waals surface area contributed by atoms with Crippen molar-refractivity contribution in [2.45, 2.75) is 6.42 Å². The fourth-order valence-electron chi connectivity index (χ4n) is 1.56. The Hall–Kier alpha value is -1.88. The molecular weight excluding hydrogens is 222 g/mol. The molecule has 0 radical (unpaired) electrons. The van der Waals surface area contributed by atoms with E-state index in [-0.39, 0.29) is 5.91 Å². The number of hydrogen-bond donors (Lipinski definition) is 0. The minimum atomic E-state index is -0.290. The molecule has 0 N–H and O–H groups in total. The Labute approximate surface area is 95.8 Å². The highest BCUT2D eigenvalue weighted by atomic mass is 32.1. The maximum atomic E-state index is 11.6. The molecule has 1 aromatic rings. The topological polar surface area (TPSA) is 54.1 Å². The monoisotopic (exact) mass is 229 g/mol. The molecule has 0 atom stereocenters. The normalized spacial score (nSPS) is 18.0. The molecule has 78 valence electrons. The van der Waals surface area contributed by atoms with Crippen LogP contribution >= 0.6 is 11.3 Å². The number of rotatable bonds is 2. The van der Waals surface area contributed by atoms with Crippen molar-refractivity contribution < 1.29 is 4.79 Å². The summed E-state index contributed by atoms with van der Waals surface area (Å²) in [6, 6.07) is 3.98. The maximum absolute atomic E-state index is 11.6. The number of aliphatic imine (C=N–C) groups is 3. The predicted octanol–water partition coefficient (Wildman–Crippen LogP) is 1.64. The average Bonchev–Trinajstić information content (AvgIpc) is 2.87. The van der Waals surface area contributed by atoms with Crippen LogP contribution in [0, 0.1) is 0 Å². The Bertz CT molecular complexity index is 564. The van der Waals surface area contributed by atoms with Gasteiger partial charge in [-0.15, -0.1) is 11.3 Å². The van der Waals surface area contributed by atoms with Crippen LogP contribution in [0.5, 0.6) is 0 Å². The van der Waals surface area contributed by atoms with Crippen molar-refractivity contribution in [3.05, 3.63) is 34.7 Å². The molecule has 0 aromatic carbocycles. The summed E-state index contributed by atoms with van der Waals surface area (Å²) >= 11 is 1.63. The molecule has 16 heavy (non-hydrogen) atoms. The first-order chi connectivity index (χ1) is 7.83. The Morgan fingerprint density at radius 2 is 2.25 bits per heavy atom. The van der Waals surface area contributed by atoms with Crippen molar-refractivity contribution in [2.75, 3.05) is 0 Å². The van der Waals surface area contributed by atoms with Crippen LogP contribution in [0.2, 0.25) is 0 Å². The van der Waals surface area contributed by atoms with E-state index in [2.05, 4.69) is 15.0 Å². The number of nitrogens with zero attached hydrogens (tertiary/aromatic N) is 3. The number of amides is 1. The molecule has 3 rings (SSSR count). The Balaban J connectivity index is 1.90. The predicted molar refractivity (Wildman–Crippen MR) is 64.5 cm³/mol. The van der Waals surface area contributed by atoms with Gasteiger partial charge in [-0.3, -0.25) is 4.79 Å². The average molecular weight is 229 g/mol. The largest absolute Gasteiger partial charge is 0.299 e. The lowest BCUT2D eigenvalue weighted by atomic mass is 10.2. The lowest BCUT2D eigenvalue weighted by Gasteiger charge is -2.06. The second-order valence-corrected chi connectivity index (χ2v) is 4.41. The van der Waals surface area contributed by atoms with Crippen molar-refractivity contribution in [1.82, 2.24) is 0 Å². The number of allylic oxidation sites excluding steroid dienone is 1. The fraction of sp³-hybridized carbons (Fsp3) is 0.0909. The van der Waals surface area contributed by atoms with Gasteiger partial charge in [0.15, 0.2) is 5.71 Å². The molecule has 0 saturated carbocycles. The van der Waals surface area contributed by atoms with Crippen molar-refractivity contribution in [1.29, 1.82) is 0 Å². The van der Waals surface area contributed by atoms with E-state index in [9.17, 15) is 4.79 Å². The molecule has 0 unspecified atom stereocenters. The van der Waals surface area contributed by atoms with Crippen molar-refractivity contribution in [2.24, 2.45) is 15.0 Å². The smallest absolute Gasteiger partial charge is 0.265 e. The molecule has 3 heterocycles. The third-order valence-electron chi connectivity index (χ3n) is 2.27. The quantitative estimate of drug-likeness (QED) is 0.760. The zero-order valence-electron chi connectivity index (χ0n) is 8.25. The summed E-state index contributed by atoms with van der Waals surface area (Å²) < 4.78 is 0. The van der Waals surface area contributed by atoms with E-state index in [1.54, 1.807) is 23.6 Å². The van der Waals surface area contributed by atoms with Gasteiger partial charge >= 0.3 is 0 Å². The second kappa shape index (κ2) is 3.61. The second-order valence-electron chi connectivity index (χ2n) is 3.38. The minimum absolute atomic E-state index is 0.290. The van der Waals surface area contributed by atoms with Crippen LogP contribution in [0.25, 0.3) is 0 Å². The Morgan fingerprint density at radius 3 is 3.06 bits per heavy atom. The Kier molecular flexibility index (Phi) is 2.11. The van der Waals surface area contributed by atoms with E-state index in [4.69, 9.17) is 0 Å². The molecule has 1 amide bonds. The fourth-order valence-corrected chi connectivity index (χ4v) is 2.27. The summed E-state index contributed by atoms with van der Waals surface area (Å²) in [5.41, 5.74) is 0.987. The van der Waals surface area contributed by atoms with Gasteiger partial charge in [-0.25, -0.2) is 9.98 Å². The van der Waals surface area contributed by atoms with Gasteiger partial charge < -0.3 is 0 Å². The van der Waals surface area contributed by atoms with Gasteiger partial charge in [0.25, 0.3) is 5.91 Å². The number of thiophene rings is 1. The summed E-state index contributed by atoms with van der Waals surface area (Å²) in [5, 5.41) is 2.00. The first kappa shape index (κ1) is 9.35. The number of fused-ring (bicyclic) bond motifs is 1. The third kappa shape index (κ3) is 1.55. The van der Waals surface area contributed by atoms with Gasteiger partial charge in [-0.05, 0) is 17.5 Å². The van der Waals surface area contributed by atoms with Gasteiger partial charge in [0, 0.05) is 17.5 Å². The van der Waals surface area contributed by atoms with Crippen LogP contribution in [-0.2, 0) is 11.2 Å². The molecule has 2 aliphatic heterocycles. The van der Waals surface area contributed by atoms with Crippen molar-refractivity contribution in [3.8, 4) is 0 Å². The highest BCUT2D eigenvalue weighted by Crippen LogP contribution is 2.13. The summed E-state index contributed by atoms with van der Waals surface area (Å²) in [7, 11) is 0. The van der Waals surface area contributed by atoms with Gasteiger partial charge in [-0.2, -0.15) is 4.99 Å². The molecule has 5 heteroatoms. The molecular formula is C11H7N3OS. The van der Waals surface area contributed by atoms with Crippen LogP contribution in [0.1, 0.15) is 4.88 Å². The lowest BCUT2D eigenvalue weighted by Crippen LogP contribution is -2.26. The SMILES string of the molecule is O=C1N=C(Cc2cccs2)N=C2C=CN=C12. The van der Waals surface area contributed by atoms with Crippen LogP contribution in [-0.4, -0.2) is 23.2 Å². The van der Waals surface area contributed by atoms with Gasteiger partial charge in [-0.1, -0.05) is 6.07 Å². The molecule has 1 aromatic heterocycles. The van der Waals surface area contributed by atoms with Gasteiger partial charge in [0.2, 0.25) is 0 Å². The summed E-state index contributed by atoms with van der Waals surface area (Å²) in [6.07, 6.45) is 3.92. The summed E-state index contributed by atoms with van der Waals surface area (Å²) in [5.74, 6) is 0.273. The maximum Gasteiger partial charge on any atom is 0.299 e. The van der Waals surface area contributed by atoms with Crippen LogP contribution in [0.4, 0.5) is 0 Å². The molecule has 0 saturated heterocycles. The molecule has 0 aliphatic carbocycles. The minimum Gasteiger partial charge on any atom is -0.265 e. The molecule has 4 nitrogen and oxygen atoms in total. The van der Waals surface area contributed by atoms with Crippen LogP contribution in [0.3, 0.4) is 0 Å². The van der Waals surface area contributed by atoms with Gasteiger partial charge in [0.1, 0.15) is 5.84 Å². The lowest BCUT2D eigenvalue weighted by molar-refractivity contribution is -0.111. The van der Waals surface area contributed by atoms with E-state index >= 15 is 0 Å². The van der Waals surface area contributed by atoms with Crippen LogP contribution in [0.15, 0.2) is 44.8 Å². The number of carbonyl (C=O) groups excluding carboxylic acids is 1. The van der Waals surface area contributed by atoms with E-state index < -0.39 is 0 Å². The van der Waals surface area contributed by atoms with Crippen molar-refractivity contribution >= 4 is 34.5 Å². The molecule has 0 bridgehead atoms. The van der Waals surface area contributed by atoms with E-state index in [0.29, 0.717) is 23.7 Å². The molecule has 0 spiro atoms. The number of amidine groups is 1. The van der Waals surface area contributed by atoms with Crippen LogP contribution < -0.4 is 0 Å². The van der Waals surface area contributed by atoms with E-state index in [0.717, 1.165) is 4.88 Å². The number of hydrogen-bond acceptors (Lipinski definition) is 4. The molecule has 2 aliphatic rings.